The maximum Gasteiger partial charge on any atom is 0.264 e. The van der Waals surface area contributed by atoms with Crippen molar-refractivity contribution < 1.29 is 9.53 Å². The van der Waals surface area contributed by atoms with Gasteiger partial charge in [-0.15, -0.1) is 0 Å². The van der Waals surface area contributed by atoms with E-state index in [-0.39, 0.29) is 11.5 Å². The van der Waals surface area contributed by atoms with Crippen LogP contribution in [0.5, 0.6) is 11.5 Å². The number of amides is 1. The summed E-state index contributed by atoms with van der Waals surface area (Å²) in [4.78, 5) is 14.2. The molecule has 0 N–H and O–H groups in total. The Kier molecular flexibility index (Phi) is 3.86. The number of hydrogen-bond donors (Lipinski definition) is 0. The zero-order valence-corrected chi connectivity index (χ0v) is 13.0. The molecule has 0 bridgehead atoms. The van der Waals surface area contributed by atoms with Crippen LogP contribution in [0, 0.1) is 11.3 Å². The molecule has 0 saturated heterocycles. The topological polar surface area (TPSA) is 53.3 Å². The Morgan fingerprint density at radius 1 is 1.09 bits per heavy atom. The predicted octanol–water partition coefficient (Wildman–Crippen LogP) is 3.60. The molecule has 0 saturated carbocycles. The third kappa shape index (κ3) is 2.47. The molecule has 1 aliphatic heterocycles. The Labute approximate surface area is 135 Å². The molecule has 0 unspecified atom stereocenters. The highest BCUT2D eigenvalue weighted by atomic mass is 16.5. The molecular formula is C19H16N2O2. The van der Waals surface area contributed by atoms with E-state index in [1.165, 1.54) is 4.90 Å². The van der Waals surface area contributed by atoms with E-state index >= 15 is 0 Å². The molecule has 0 fully saturated rings. The highest BCUT2D eigenvalue weighted by molar-refractivity contribution is 6.09. The molecule has 4 heteroatoms. The average molecular weight is 304 g/mol. The van der Waals surface area contributed by atoms with E-state index < -0.39 is 0 Å². The van der Waals surface area contributed by atoms with E-state index in [1.807, 2.05) is 55.5 Å². The lowest BCUT2D eigenvalue weighted by molar-refractivity contribution is -0.125. The van der Waals surface area contributed by atoms with E-state index in [0.29, 0.717) is 23.6 Å². The van der Waals surface area contributed by atoms with Gasteiger partial charge in [-0.25, -0.2) is 0 Å². The van der Waals surface area contributed by atoms with Gasteiger partial charge in [0, 0.05) is 30.3 Å². The van der Waals surface area contributed by atoms with Gasteiger partial charge in [0.05, 0.1) is 0 Å². The number of benzene rings is 2. The normalized spacial score (nSPS) is 11.6. The van der Waals surface area contributed by atoms with Crippen LogP contribution < -0.4 is 4.74 Å². The van der Waals surface area contributed by atoms with Crippen molar-refractivity contribution in [3.63, 3.8) is 0 Å². The van der Waals surface area contributed by atoms with Crippen LogP contribution in [0.2, 0.25) is 0 Å². The van der Waals surface area contributed by atoms with Gasteiger partial charge >= 0.3 is 0 Å². The molecule has 0 aliphatic carbocycles. The SMILES string of the molecule is CCN(C)C(=O)C(C#N)=C1c2ccccc2Oc2ccccc21. The first-order chi connectivity index (χ1) is 11.2. The van der Waals surface area contributed by atoms with E-state index in [0.717, 1.165) is 11.1 Å². The molecule has 2 aromatic rings. The fourth-order valence-electron chi connectivity index (χ4n) is 2.60. The average Bonchev–Trinajstić information content (AvgIpc) is 2.60. The lowest BCUT2D eigenvalue weighted by atomic mass is 9.90. The van der Waals surface area contributed by atoms with Crippen molar-refractivity contribution >= 4 is 11.5 Å². The molecule has 0 atom stereocenters. The molecule has 1 aliphatic rings. The van der Waals surface area contributed by atoms with Crippen LogP contribution in [0.4, 0.5) is 0 Å². The van der Waals surface area contributed by atoms with E-state index in [1.54, 1.807) is 7.05 Å². The third-order valence-electron chi connectivity index (χ3n) is 3.93. The standard InChI is InChI=1S/C19H16N2O2/c1-3-21(2)19(22)15(12-20)18-13-8-4-6-10-16(13)23-17-11-7-5-9-14(17)18/h4-11H,3H2,1-2H3. The van der Waals surface area contributed by atoms with E-state index in [9.17, 15) is 10.1 Å². The van der Waals surface area contributed by atoms with Crippen molar-refractivity contribution in [1.29, 1.82) is 5.26 Å². The maximum atomic E-state index is 12.6. The van der Waals surface area contributed by atoms with Crippen LogP contribution in [-0.2, 0) is 4.79 Å². The molecule has 23 heavy (non-hydrogen) atoms. The Morgan fingerprint density at radius 2 is 1.61 bits per heavy atom. The lowest BCUT2D eigenvalue weighted by Gasteiger charge is -2.24. The van der Waals surface area contributed by atoms with E-state index in [4.69, 9.17) is 4.74 Å². The summed E-state index contributed by atoms with van der Waals surface area (Å²) in [7, 11) is 1.69. The number of rotatable bonds is 2. The molecule has 0 radical (unpaired) electrons. The molecule has 0 spiro atoms. The zero-order chi connectivity index (χ0) is 16.4. The van der Waals surface area contributed by atoms with Gasteiger partial charge in [0.2, 0.25) is 0 Å². The predicted molar refractivity (Wildman–Crippen MR) is 87.9 cm³/mol. The second-order valence-corrected chi connectivity index (χ2v) is 5.28. The quantitative estimate of drug-likeness (QED) is 0.537. The number of carbonyl (C=O) groups is 1. The molecule has 2 aromatic carbocycles. The number of hydrogen-bond acceptors (Lipinski definition) is 3. The fraction of sp³-hybridized carbons (Fsp3) is 0.158. The van der Waals surface area contributed by atoms with Crippen LogP contribution in [0.3, 0.4) is 0 Å². The second kappa shape index (κ2) is 5.98. The van der Waals surface area contributed by atoms with Gasteiger partial charge in [-0.05, 0) is 19.1 Å². The van der Waals surface area contributed by atoms with Crippen molar-refractivity contribution in [1.82, 2.24) is 4.90 Å². The lowest BCUT2D eigenvalue weighted by Crippen LogP contribution is -2.28. The summed E-state index contributed by atoms with van der Waals surface area (Å²) in [6.45, 7) is 2.42. The van der Waals surface area contributed by atoms with Crippen LogP contribution >= 0.6 is 0 Å². The minimum Gasteiger partial charge on any atom is -0.456 e. The summed E-state index contributed by atoms with van der Waals surface area (Å²) in [5, 5.41) is 9.65. The third-order valence-corrected chi connectivity index (χ3v) is 3.93. The van der Waals surface area contributed by atoms with Gasteiger partial charge < -0.3 is 9.64 Å². The van der Waals surface area contributed by atoms with Gasteiger partial charge in [-0.1, -0.05) is 36.4 Å². The highest BCUT2D eigenvalue weighted by Gasteiger charge is 2.28. The van der Waals surface area contributed by atoms with Crippen molar-refractivity contribution in [2.75, 3.05) is 13.6 Å². The fourth-order valence-corrected chi connectivity index (χ4v) is 2.60. The first kappa shape index (κ1) is 14.9. The number of nitrogens with zero attached hydrogens (tertiary/aromatic N) is 2. The zero-order valence-electron chi connectivity index (χ0n) is 13.0. The minimum atomic E-state index is -0.281. The van der Waals surface area contributed by atoms with Crippen LogP contribution in [-0.4, -0.2) is 24.4 Å². The monoisotopic (exact) mass is 304 g/mol. The van der Waals surface area contributed by atoms with Crippen molar-refractivity contribution in [3.05, 3.63) is 65.2 Å². The number of nitriles is 1. The number of para-hydroxylation sites is 2. The summed E-state index contributed by atoms with van der Waals surface area (Å²) < 4.78 is 5.90. The Morgan fingerprint density at radius 3 is 2.09 bits per heavy atom. The summed E-state index contributed by atoms with van der Waals surface area (Å²) in [6.07, 6.45) is 0. The van der Waals surface area contributed by atoms with Gasteiger partial charge in [0.1, 0.15) is 23.1 Å². The summed E-state index contributed by atoms with van der Waals surface area (Å²) >= 11 is 0. The van der Waals surface area contributed by atoms with Crippen LogP contribution in [0.25, 0.3) is 5.57 Å². The number of fused-ring (bicyclic) bond motifs is 2. The molecule has 0 aromatic heterocycles. The van der Waals surface area contributed by atoms with Crippen molar-refractivity contribution in [2.45, 2.75) is 6.92 Å². The van der Waals surface area contributed by atoms with Crippen molar-refractivity contribution in [2.24, 2.45) is 0 Å². The largest absolute Gasteiger partial charge is 0.456 e. The molecule has 1 heterocycles. The molecule has 114 valence electrons. The maximum absolute atomic E-state index is 12.6. The van der Waals surface area contributed by atoms with Crippen LogP contribution in [0.15, 0.2) is 54.1 Å². The first-order valence-electron chi connectivity index (χ1n) is 7.43. The summed E-state index contributed by atoms with van der Waals surface area (Å²) in [6, 6.07) is 17.0. The molecule has 3 rings (SSSR count). The summed E-state index contributed by atoms with van der Waals surface area (Å²) in [5.41, 5.74) is 2.30. The number of carbonyl (C=O) groups excluding carboxylic acids is 1. The Bertz CT molecular complexity index is 799. The highest BCUT2D eigenvalue weighted by Crippen LogP contribution is 2.44. The Hall–Kier alpha value is -3.06. The second-order valence-electron chi connectivity index (χ2n) is 5.28. The Balaban J connectivity index is 2.31. The smallest absolute Gasteiger partial charge is 0.264 e. The molecule has 1 amide bonds. The van der Waals surface area contributed by atoms with Gasteiger partial charge in [0.25, 0.3) is 5.91 Å². The summed E-state index contributed by atoms with van der Waals surface area (Å²) in [5.74, 6) is 1.03. The number of likely N-dealkylation sites (N-methyl/N-ethyl adjacent to an activating group) is 1. The minimum absolute atomic E-state index is 0.137. The van der Waals surface area contributed by atoms with Gasteiger partial charge in [-0.3, -0.25) is 4.79 Å². The molecular weight excluding hydrogens is 288 g/mol. The van der Waals surface area contributed by atoms with Gasteiger partial charge in [-0.2, -0.15) is 5.26 Å². The van der Waals surface area contributed by atoms with Crippen molar-refractivity contribution in [3.8, 4) is 17.6 Å². The van der Waals surface area contributed by atoms with E-state index in [2.05, 4.69) is 6.07 Å². The number of ether oxygens (including phenoxy) is 1. The van der Waals surface area contributed by atoms with Crippen LogP contribution in [0.1, 0.15) is 18.1 Å². The first-order valence-corrected chi connectivity index (χ1v) is 7.43. The molecule has 4 nitrogen and oxygen atoms in total. The van der Waals surface area contributed by atoms with Gasteiger partial charge in [0.15, 0.2) is 0 Å².